The molecule has 0 fully saturated rings. The fourth-order valence-electron chi connectivity index (χ4n) is 1.23. The number of aromatic nitrogens is 2. The van der Waals surface area contributed by atoms with E-state index in [1.54, 1.807) is 24.3 Å². The molecule has 0 spiro atoms. The Morgan fingerprint density at radius 1 is 1.50 bits per heavy atom. The Labute approximate surface area is 112 Å². The molecule has 0 aliphatic heterocycles. The van der Waals surface area contributed by atoms with Gasteiger partial charge in [0.25, 0.3) is 0 Å². The second-order valence-corrected chi connectivity index (χ2v) is 5.20. The van der Waals surface area contributed by atoms with E-state index in [1.165, 1.54) is 29.6 Å². The minimum atomic E-state index is -0.169. The van der Waals surface area contributed by atoms with E-state index >= 15 is 0 Å². The number of para-hydroxylation sites is 1. The molecule has 0 radical (unpaired) electrons. The molecule has 0 aliphatic carbocycles. The van der Waals surface area contributed by atoms with E-state index in [9.17, 15) is 4.79 Å². The third-order valence-corrected chi connectivity index (χ3v) is 3.79. The second-order valence-electron chi connectivity index (χ2n) is 3.20. The van der Waals surface area contributed by atoms with Crippen molar-refractivity contribution >= 4 is 34.9 Å². The molecule has 0 aliphatic rings. The first-order chi connectivity index (χ1) is 8.79. The number of benzene rings is 1. The van der Waals surface area contributed by atoms with Crippen LogP contribution < -0.4 is 5.32 Å². The van der Waals surface area contributed by atoms with Crippen LogP contribution in [0.4, 0.5) is 5.69 Å². The van der Waals surface area contributed by atoms with Gasteiger partial charge in [0.15, 0.2) is 4.34 Å². The molecule has 0 unspecified atom stereocenters. The van der Waals surface area contributed by atoms with Crippen molar-refractivity contribution < 1.29 is 4.79 Å². The van der Waals surface area contributed by atoms with Gasteiger partial charge in [-0.05, 0) is 23.7 Å². The van der Waals surface area contributed by atoms with Crippen molar-refractivity contribution in [3.05, 3.63) is 36.2 Å². The molecule has 0 bridgehead atoms. The monoisotopic (exact) mass is 276 g/mol. The van der Waals surface area contributed by atoms with Crippen LogP contribution in [0.25, 0.3) is 0 Å². The van der Waals surface area contributed by atoms with Crippen molar-refractivity contribution in [1.29, 1.82) is 5.26 Å². The largest absolute Gasteiger partial charge is 0.324 e. The predicted molar refractivity (Wildman–Crippen MR) is 70.4 cm³/mol. The van der Waals surface area contributed by atoms with Crippen LogP contribution in [-0.2, 0) is 4.79 Å². The number of carbonyl (C=O) groups excluding carboxylic acids is 1. The Balaban J connectivity index is 1.93. The zero-order valence-corrected chi connectivity index (χ0v) is 10.8. The van der Waals surface area contributed by atoms with E-state index in [0.29, 0.717) is 11.3 Å². The summed E-state index contributed by atoms with van der Waals surface area (Å²) in [7, 11) is 0. The fourth-order valence-corrected chi connectivity index (χ4v) is 2.47. The van der Waals surface area contributed by atoms with E-state index in [0.717, 1.165) is 4.34 Å². The lowest BCUT2D eigenvalue weighted by Crippen LogP contribution is -2.14. The summed E-state index contributed by atoms with van der Waals surface area (Å²) >= 11 is 2.57. The Kier molecular flexibility index (Phi) is 4.28. The summed E-state index contributed by atoms with van der Waals surface area (Å²) in [6, 6.07) is 8.92. The van der Waals surface area contributed by atoms with E-state index in [-0.39, 0.29) is 11.7 Å². The summed E-state index contributed by atoms with van der Waals surface area (Å²) in [5.41, 5.74) is 0.981. The third kappa shape index (κ3) is 3.29. The average molecular weight is 276 g/mol. The van der Waals surface area contributed by atoms with Crippen molar-refractivity contribution in [3.8, 4) is 6.07 Å². The second kappa shape index (κ2) is 6.14. The van der Waals surface area contributed by atoms with Gasteiger partial charge in [-0.2, -0.15) is 9.64 Å². The number of nitrogens with zero attached hydrogens (tertiary/aromatic N) is 3. The predicted octanol–water partition coefficient (Wildman–Crippen LogP) is 2.14. The molecule has 2 aromatic rings. The van der Waals surface area contributed by atoms with Crippen LogP contribution in [0.1, 0.15) is 5.56 Å². The van der Waals surface area contributed by atoms with Gasteiger partial charge in [-0.3, -0.25) is 4.79 Å². The van der Waals surface area contributed by atoms with E-state index in [2.05, 4.69) is 14.7 Å². The van der Waals surface area contributed by atoms with Crippen LogP contribution >= 0.6 is 23.3 Å². The van der Waals surface area contributed by atoms with Crippen molar-refractivity contribution in [1.82, 2.24) is 9.36 Å². The first kappa shape index (κ1) is 12.5. The molecule has 2 rings (SSSR count). The molecule has 0 atom stereocenters. The zero-order valence-electron chi connectivity index (χ0n) is 9.16. The fraction of sp³-hybridized carbons (Fsp3) is 0.0909. The van der Waals surface area contributed by atoms with Crippen molar-refractivity contribution in [2.24, 2.45) is 0 Å². The number of carbonyl (C=O) groups is 1. The Hall–Kier alpha value is -1.91. The lowest BCUT2D eigenvalue weighted by molar-refractivity contribution is -0.113. The first-order valence-electron chi connectivity index (χ1n) is 4.98. The maximum absolute atomic E-state index is 11.7. The molecule has 0 saturated heterocycles. The first-order valence-corrected chi connectivity index (χ1v) is 6.74. The Morgan fingerprint density at radius 3 is 3.06 bits per heavy atom. The highest BCUT2D eigenvalue weighted by atomic mass is 32.2. The van der Waals surface area contributed by atoms with Crippen molar-refractivity contribution in [2.45, 2.75) is 4.34 Å². The highest BCUT2D eigenvalue weighted by molar-refractivity contribution is 8.01. The molecule has 1 aromatic heterocycles. The van der Waals surface area contributed by atoms with Crippen LogP contribution in [0.5, 0.6) is 0 Å². The molecule has 7 heteroatoms. The van der Waals surface area contributed by atoms with Gasteiger partial charge in [-0.1, -0.05) is 23.9 Å². The van der Waals surface area contributed by atoms with Crippen LogP contribution in [0.3, 0.4) is 0 Å². The number of nitrogens with one attached hydrogen (secondary N) is 1. The van der Waals surface area contributed by atoms with E-state index < -0.39 is 0 Å². The van der Waals surface area contributed by atoms with Gasteiger partial charge < -0.3 is 5.32 Å². The lowest BCUT2D eigenvalue weighted by Gasteiger charge is -2.05. The number of nitriles is 1. The number of hydrogen-bond acceptors (Lipinski definition) is 6. The lowest BCUT2D eigenvalue weighted by atomic mass is 10.2. The normalized spacial score (nSPS) is 9.72. The van der Waals surface area contributed by atoms with Crippen LogP contribution in [-0.4, -0.2) is 21.0 Å². The van der Waals surface area contributed by atoms with Gasteiger partial charge in [-0.15, -0.1) is 0 Å². The average Bonchev–Trinajstić information content (AvgIpc) is 2.90. The number of amides is 1. The maximum atomic E-state index is 11.7. The summed E-state index contributed by atoms with van der Waals surface area (Å²) in [6.45, 7) is 0. The highest BCUT2D eigenvalue weighted by Crippen LogP contribution is 2.19. The number of anilines is 1. The molecular formula is C11H8N4OS2. The summed E-state index contributed by atoms with van der Waals surface area (Å²) in [6.07, 6.45) is 1.45. The number of thioether (sulfide) groups is 1. The van der Waals surface area contributed by atoms with Crippen LogP contribution in [0.15, 0.2) is 34.9 Å². The summed E-state index contributed by atoms with van der Waals surface area (Å²) in [5.74, 6) is 0.0764. The van der Waals surface area contributed by atoms with Gasteiger partial charge >= 0.3 is 0 Å². The minimum Gasteiger partial charge on any atom is -0.324 e. The number of hydrogen-bond donors (Lipinski definition) is 1. The molecule has 90 valence electrons. The molecule has 0 saturated carbocycles. The Morgan fingerprint density at radius 2 is 2.33 bits per heavy atom. The van der Waals surface area contributed by atoms with Crippen molar-refractivity contribution in [2.75, 3.05) is 11.1 Å². The standard InChI is InChI=1S/C11H8N4OS2/c12-5-8-3-1-2-4-9(8)15-10(16)6-17-11-13-7-14-18-11/h1-4,7H,6H2,(H,15,16). The van der Waals surface area contributed by atoms with Crippen LogP contribution in [0.2, 0.25) is 0 Å². The van der Waals surface area contributed by atoms with Gasteiger partial charge in [0.2, 0.25) is 5.91 Å². The van der Waals surface area contributed by atoms with Gasteiger partial charge in [0.05, 0.1) is 17.0 Å². The zero-order chi connectivity index (χ0) is 12.8. The maximum Gasteiger partial charge on any atom is 0.234 e. The molecule has 1 amide bonds. The van der Waals surface area contributed by atoms with E-state index in [4.69, 9.17) is 5.26 Å². The SMILES string of the molecule is N#Cc1ccccc1NC(=O)CSc1ncns1. The van der Waals surface area contributed by atoms with Crippen LogP contribution in [0, 0.1) is 11.3 Å². The highest BCUT2D eigenvalue weighted by Gasteiger charge is 2.07. The third-order valence-electron chi connectivity index (χ3n) is 1.99. The summed E-state index contributed by atoms with van der Waals surface area (Å²) in [5, 5.41) is 11.6. The Bertz CT molecular complexity index is 577. The summed E-state index contributed by atoms with van der Waals surface area (Å²) < 4.78 is 4.60. The molecule has 1 N–H and O–H groups in total. The van der Waals surface area contributed by atoms with E-state index in [1.807, 2.05) is 6.07 Å². The molecule has 18 heavy (non-hydrogen) atoms. The quantitative estimate of drug-likeness (QED) is 0.865. The van der Waals surface area contributed by atoms with Crippen molar-refractivity contribution in [3.63, 3.8) is 0 Å². The molecular weight excluding hydrogens is 268 g/mol. The molecule has 1 aromatic carbocycles. The summed E-state index contributed by atoms with van der Waals surface area (Å²) in [4.78, 5) is 15.7. The molecule has 1 heterocycles. The molecule has 5 nitrogen and oxygen atoms in total. The number of rotatable bonds is 4. The van der Waals surface area contributed by atoms with Gasteiger partial charge in [0, 0.05) is 0 Å². The van der Waals surface area contributed by atoms with Gasteiger partial charge in [0.1, 0.15) is 12.4 Å². The topological polar surface area (TPSA) is 78.7 Å². The smallest absolute Gasteiger partial charge is 0.234 e. The minimum absolute atomic E-state index is 0.169. The van der Waals surface area contributed by atoms with Gasteiger partial charge in [-0.25, -0.2) is 4.98 Å².